The highest BCUT2D eigenvalue weighted by Gasteiger charge is 2.38. The first-order valence-electron chi connectivity index (χ1n) is 8.92. The van der Waals surface area contributed by atoms with E-state index in [0.717, 1.165) is 0 Å². The molecule has 0 unspecified atom stereocenters. The lowest BCUT2D eigenvalue weighted by molar-refractivity contribution is -0.192. The smallest absolute Gasteiger partial charge is 0.475 e. The van der Waals surface area contributed by atoms with Gasteiger partial charge in [-0.3, -0.25) is 4.79 Å². The molecular formula is C17H23F4N3O5S. The zero-order valence-corrected chi connectivity index (χ0v) is 17.0. The Morgan fingerprint density at radius 2 is 1.73 bits per heavy atom. The molecule has 0 spiro atoms. The van der Waals surface area contributed by atoms with Crippen LogP contribution < -0.4 is 5.32 Å². The van der Waals surface area contributed by atoms with E-state index in [9.17, 15) is 30.8 Å². The number of nitrogens with zero attached hydrogens (tertiary/aromatic N) is 2. The topological polar surface area (TPSA) is 107 Å². The van der Waals surface area contributed by atoms with Crippen LogP contribution in [0.1, 0.15) is 17.3 Å². The molecule has 0 aromatic heterocycles. The van der Waals surface area contributed by atoms with Crippen LogP contribution in [0, 0.1) is 5.82 Å². The highest BCUT2D eigenvalue weighted by molar-refractivity contribution is 7.89. The zero-order valence-electron chi connectivity index (χ0n) is 16.2. The van der Waals surface area contributed by atoms with E-state index in [0.29, 0.717) is 32.7 Å². The number of carboxylic acid groups (broad SMARTS) is 1. The van der Waals surface area contributed by atoms with E-state index in [1.165, 1.54) is 27.4 Å². The molecule has 1 aliphatic rings. The average Bonchev–Trinajstić information content (AvgIpc) is 2.69. The number of rotatable bonds is 6. The van der Waals surface area contributed by atoms with E-state index < -0.39 is 33.9 Å². The molecule has 1 heterocycles. The Balaban J connectivity index is 0.000000553. The number of carbonyl (C=O) groups excluding carboxylic acids is 1. The molecule has 0 atom stereocenters. The summed E-state index contributed by atoms with van der Waals surface area (Å²) in [5.74, 6) is -3.99. The molecule has 1 amide bonds. The molecule has 0 radical (unpaired) electrons. The molecular weight excluding hydrogens is 434 g/mol. The van der Waals surface area contributed by atoms with Gasteiger partial charge in [0.2, 0.25) is 10.0 Å². The van der Waals surface area contributed by atoms with Gasteiger partial charge in [0.25, 0.3) is 5.91 Å². The zero-order chi connectivity index (χ0) is 22.9. The molecule has 1 aromatic rings. The predicted molar refractivity (Wildman–Crippen MR) is 99.9 cm³/mol. The maximum atomic E-state index is 13.7. The summed E-state index contributed by atoms with van der Waals surface area (Å²) < 4.78 is 71.5. The maximum Gasteiger partial charge on any atom is 0.490 e. The van der Waals surface area contributed by atoms with E-state index in [-0.39, 0.29) is 17.9 Å². The molecule has 2 rings (SSSR count). The third kappa shape index (κ3) is 7.88. The second kappa shape index (κ2) is 11.2. The molecule has 0 bridgehead atoms. The third-order valence-corrected chi connectivity index (χ3v) is 5.95. The Hall–Kier alpha value is -2.25. The number of nitrogens with one attached hydrogen (secondary N) is 1. The molecule has 30 heavy (non-hydrogen) atoms. The number of aliphatic carboxylic acids is 1. The quantitative estimate of drug-likeness (QED) is 0.621. The van der Waals surface area contributed by atoms with Crippen molar-refractivity contribution < 1.29 is 40.7 Å². The Morgan fingerprint density at radius 3 is 2.20 bits per heavy atom. The lowest BCUT2D eigenvalue weighted by Crippen LogP contribution is -2.48. The van der Waals surface area contributed by atoms with Crippen LogP contribution in [0.2, 0.25) is 0 Å². The van der Waals surface area contributed by atoms with Gasteiger partial charge in [0.15, 0.2) is 0 Å². The van der Waals surface area contributed by atoms with Crippen LogP contribution in [0.4, 0.5) is 17.6 Å². The minimum Gasteiger partial charge on any atom is -0.475 e. The number of hydrogen-bond acceptors (Lipinski definition) is 5. The maximum absolute atomic E-state index is 13.7. The summed E-state index contributed by atoms with van der Waals surface area (Å²) in [6.07, 6.45) is -5.08. The Kier molecular flexibility index (Phi) is 9.65. The molecule has 0 aliphatic carbocycles. The SMILES string of the molecule is CCN(CCS(=O)(=O)N1CCNCC1)C(=O)c1ccccc1F.O=C(O)C(F)(F)F. The van der Waals surface area contributed by atoms with Crippen molar-refractivity contribution in [2.24, 2.45) is 0 Å². The van der Waals surface area contributed by atoms with Crippen molar-refractivity contribution in [3.63, 3.8) is 0 Å². The van der Waals surface area contributed by atoms with E-state index in [2.05, 4.69) is 5.32 Å². The van der Waals surface area contributed by atoms with Crippen molar-refractivity contribution in [3.05, 3.63) is 35.6 Å². The van der Waals surface area contributed by atoms with Crippen LogP contribution in [0.25, 0.3) is 0 Å². The fourth-order valence-corrected chi connectivity index (χ4v) is 3.93. The second-order valence-corrected chi connectivity index (χ2v) is 8.22. The summed E-state index contributed by atoms with van der Waals surface area (Å²) in [7, 11) is -3.41. The molecule has 1 fully saturated rings. The number of alkyl halides is 3. The van der Waals surface area contributed by atoms with Gasteiger partial charge in [-0.2, -0.15) is 17.5 Å². The van der Waals surface area contributed by atoms with Gasteiger partial charge in [-0.15, -0.1) is 0 Å². The van der Waals surface area contributed by atoms with Gasteiger partial charge in [0.1, 0.15) is 5.82 Å². The lowest BCUT2D eigenvalue weighted by atomic mass is 10.2. The van der Waals surface area contributed by atoms with Gasteiger partial charge < -0.3 is 15.3 Å². The van der Waals surface area contributed by atoms with Crippen LogP contribution in [-0.4, -0.2) is 85.8 Å². The van der Waals surface area contributed by atoms with Gasteiger partial charge in [-0.25, -0.2) is 17.6 Å². The van der Waals surface area contributed by atoms with Crippen molar-refractivity contribution in [1.82, 2.24) is 14.5 Å². The standard InChI is InChI=1S/C15H22FN3O3S.C2HF3O2/c1-2-18(15(20)13-5-3-4-6-14(13)16)11-12-23(21,22)19-9-7-17-8-10-19;3-2(4,5)1(6)7/h3-6,17H,2,7-12H2,1H3;(H,6,7). The number of piperazine rings is 1. The molecule has 1 aliphatic heterocycles. The summed E-state index contributed by atoms with van der Waals surface area (Å²) in [6.45, 7) is 4.26. The lowest BCUT2D eigenvalue weighted by Gasteiger charge is -2.28. The van der Waals surface area contributed by atoms with Gasteiger partial charge in [-0.05, 0) is 19.1 Å². The van der Waals surface area contributed by atoms with Crippen LogP contribution >= 0.6 is 0 Å². The predicted octanol–water partition coefficient (Wildman–Crippen LogP) is 1.16. The summed E-state index contributed by atoms with van der Waals surface area (Å²) in [5, 5.41) is 10.2. The molecule has 1 aromatic carbocycles. The number of hydrogen-bond donors (Lipinski definition) is 2. The van der Waals surface area contributed by atoms with E-state index in [4.69, 9.17) is 9.90 Å². The first-order chi connectivity index (χ1) is 13.9. The molecule has 1 saturated heterocycles. The average molecular weight is 457 g/mol. The van der Waals surface area contributed by atoms with Crippen molar-refractivity contribution in [1.29, 1.82) is 0 Å². The number of benzene rings is 1. The first kappa shape index (κ1) is 25.8. The van der Waals surface area contributed by atoms with Crippen LogP contribution in [0.15, 0.2) is 24.3 Å². The Labute approximate surface area is 171 Å². The van der Waals surface area contributed by atoms with Crippen molar-refractivity contribution in [2.45, 2.75) is 13.1 Å². The van der Waals surface area contributed by atoms with E-state index in [1.54, 1.807) is 13.0 Å². The molecule has 170 valence electrons. The van der Waals surface area contributed by atoms with Crippen molar-refractivity contribution in [2.75, 3.05) is 45.0 Å². The van der Waals surface area contributed by atoms with Gasteiger partial charge in [0, 0.05) is 39.3 Å². The normalized spacial score (nSPS) is 15.1. The van der Waals surface area contributed by atoms with E-state index >= 15 is 0 Å². The number of amides is 1. The first-order valence-corrected chi connectivity index (χ1v) is 10.5. The number of carbonyl (C=O) groups is 2. The largest absolute Gasteiger partial charge is 0.490 e. The monoisotopic (exact) mass is 457 g/mol. The third-order valence-electron chi connectivity index (χ3n) is 4.10. The molecule has 8 nitrogen and oxygen atoms in total. The van der Waals surface area contributed by atoms with Crippen LogP contribution in [0.3, 0.4) is 0 Å². The highest BCUT2D eigenvalue weighted by atomic mass is 32.2. The summed E-state index contributed by atoms with van der Waals surface area (Å²) in [5.41, 5.74) is -0.0334. The summed E-state index contributed by atoms with van der Waals surface area (Å²) in [6, 6.07) is 5.72. The minimum atomic E-state index is -5.08. The fraction of sp³-hybridized carbons (Fsp3) is 0.529. The second-order valence-electron chi connectivity index (χ2n) is 6.13. The Morgan fingerprint density at radius 1 is 1.20 bits per heavy atom. The van der Waals surface area contributed by atoms with Gasteiger partial charge in [0.05, 0.1) is 11.3 Å². The Bertz CT molecular complexity index is 827. The minimum absolute atomic E-state index is 0.0334. The van der Waals surface area contributed by atoms with E-state index in [1.807, 2.05) is 0 Å². The van der Waals surface area contributed by atoms with Crippen LogP contribution in [0.5, 0.6) is 0 Å². The van der Waals surface area contributed by atoms with Gasteiger partial charge >= 0.3 is 12.1 Å². The highest BCUT2D eigenvalue weighted by Crippen LogP contribution is 2.13. The molecule has 2 N–H and O–H groups in total. The fourth-order valence-electron chi connectivity index (χ4n) is 2.49. The summed E-state index contributed by atoms with van der Waals surface area (Å²) in [4.78, 5) is 22.6. The number of sulfonamides is 1. The molecule has 0 saturated carbocycles. The number of halogens is 4. The van der Waals surface area contributed by atoms with Crippen molar-refractivity contribution >= 4 is 21.9 Å². The van der Waals surface area contributed by atoms with Crippen LogP contribution in [-0.2, 0) is 14.8 Å². The summed E-state index contributed by atoms with van der Waals surface area (Å²) >= 11 is 0. The molecule has 13 heteroatoms. The number of carboxylic acids is 1. The van der Waals surface area contributed by atoms with Gasteiger partial charge in [-0.1, -0.05) is 12.1 Å². The van der Waals surface area contributed by atoms with Crippen molar-refractivity contribution in [3.8, 4) is 0 Å².